The van der Waals surface area contributed by atoms with Gasteiger partial charge in [0.05, 0.1) is 7.11 Å². The lowest BCUT2D eigenvalue weighted by atomic mass is 9.95. The Morgan fingerprint density at radius 2 is 1.79 bits per heavy atom. The largest absolute Gasteiger partial charge is 0.496 e. The van der Waals surface area contributed by atoms with Gasteiger partial charge >= 0.3 is 0 Å². The first-order valence-corrected chi connectivity index (χ1v) is 6.49. The Kier molecular flexibility index (Phi) is 4.13. The van der Waals surface area contributed by atoms with Crippen molar-refractivity contribution in [2.75, 3.05) is 7.11 Å². The number of hydrogen-bond donors (Lipinski definition) is 1. The third-order valence-electron chi connectivity index (χ3n) is 3.21. The molecule has 19 heavy (non-hydrogen) atoms. The summed E-state index contributed by atoms with van der Waals surface area (Å²) in [6, 6.07) is 11.2. The summed E-state index contributed by atoms with van der Waals surface area (Å²) in [4.78, 5) is 0. The van der Waals surface area contributed by atoms with E-state index in [1.165, 1.54) is 5.56 Å². The molecule has 0 fully saturated rings. The van der Waals surface area contributed by atoms with Crippen molar-refractivity contribution in [3.63, 3.8) is 0 Å². The Morgan fingerprint density at radius 1 is 1.05 bits per heavy atom. The fourth-order valence-corrected chi connectivity index (χ4v) is 2.40. The first-order valence-electron chi connectivity index (χ1n) is 6.11. The van der Waals surface area contributed by atoms with E-state index in [1.54, 1.807) is 25.3 Å². The van der Waals surface area contributed by atoms with Gasteiger partial charge in [-0.2, -0.15) is 0 Å². The zero-order valence-electron chi connectivity index (χ0n) is 11.3. The number of aliphatic hydroxyl groups excluding tert-OH is 1. The zero-order valence-corrected chi connectivity index (χ0v) is 12.0. The van der Waals surface area contributed by atoms with Crippen LogP contribution >= 0.6 is 11.6 Å². The molecule has 0 aliphatic carbocycles. The second-order valence-corrected chi connectivity index (χ2v) is 5.09. The highest BCUT2D eigenvalue weighted by atomic mass is 35.5. The molecule has 100 valence electrons. The Hall–Kier alpha value is -1.51. The van der Waals surface area contributed by atoms with Crippen molar-refractivity contribution in [3.05, 3.63) is 63.7 Å². The third kappa shape index (κ3) is 2.91. The Labute approximate surface area is 118 Å². The normalized spacial score (nSPS) is 12.3. The molecule has 1 atom stereocenters. The van der Waals surface area contributed by atoms with E-state index in [0.717, 1.165) is 11.1 Å². The van der Waals surface area contributed by atoms with Gasteiger partial charge in [0.2, 0.25) is 0 Å². The number of benzene rings is 2. The van der Waals surface area contributed by atoms with Crippen LogP contribution in [0.4, 0.5) is 0 Å². The molecule has 1 N–H and O–H groups in total. The molecular formula is C16H17ClO2. The number of rotatable bonds is 3. The van der Waals surface area contributed by atoms with Gasteiger partial charge < -0.3 is 9.84 Å². The predicted molar refractivity (Wildman–Crippen MR) is 78.0 cm³/mol. The van der Waals surface area contributed by atoms with Crippen LogP contribution in [0, 0.1) is 13.8 Å². The number of ether oxygens (including phenoxy) is 1. The van der Waals surface area contributed by atoms with E-state index in [0.29, 0.717) is 16.3 Å². The minimum Gasteiger partial charge on any atom is -0.496 e. The lowest BCUT2D eigenvalue weighted by Crippen LogP contribution is -2.04. The van der Waals surface area contributed by atoms with Crippen LogP contribution in [0.2, 0.25) is 5.02 Å². The second-order valence-electron chi connectivity index (χ2n) is 4.65. The first-order chi connectivity index (χ1) is 9.02. The van der Waals surface area contributed by atoms with Crippen molar-refractivity contribution in [2.45, 2.75) is 20.0 Å². The maximum Gasteiger partial charge on any atom is 0.125 e. The maximum atomic E-state index is 10.6. The Morgan fingerprint density at radius 3 is 2.42 bits per heavy atom. The molecule has 0 saturated heterocycles. The molecule has 0 saturated carbocycles. The smallest absolute Gasteiger partial charge is 0.125 e. The molecule has 2 aromatic rings. The molecule has 1 unspecified atom stereocenters. The van der Waals surface area contributed by atoms with Crippen molar-refractivity contribution in [3.8, 4) is 5.75 Å². The minimum atomic E-state index is -0.741. The quantitative estimate of drug-likeness (QED) is 0.916. The number of methoxy groups -OCH3 is 1. The van der Waals surface area contributed by atoms with Crippen molar-refractivity contribution >= 4 is 11.6 Å². The van der Waals surface area contributed by atoms with Crippen molar-refractivity contribution < 1.29 is 9.84 Å². The first kappa shape index (κ1) is 13.9. The van der Waals surface area contributed by atoms with Gasteiger partial charge in [0.1, 0.15) is 11.9 Å². The highest BCUT2D eigenvalue weighted by Crippen LogP contribution is 2.33. The monoisotopic (exact) mass is 276 g/mol. The van der Waals surface area contributed by atoms with Gasteiger partial charge in [0.25, 0.3) is 0 Å². The number of halogens is 1. The standard InChI is InChI=1S/C16H17ClO2/c1-10-4-6-13(11(2)8-10)16(18)14-9-12(17)5-7-15(14)19-3/h4-9,16,18H,1-3H3. The SMILES string of the molecule is COc1ccc(Cl)cc1C(O)c1ccc(C)cc1C. The molecule has 2 aromatic carbocycles. The molecule has 2 nitrogen and oxygen atoms in total. The van der Waals surface area contributed by atoms with Crippen LogP contribution in [0.5, 0.6) is 5.75 Å². The van der Waals surface area contributed by atoms with Crippen LogP contribution in [0.15, 0.2) is 36.4 Å². The highest BCUT2D eigenvalue weighted by Gasteiger charge is 2.17. The minimum absolute atomic E-state index is 0.583. The van der Waals surface area contributed by atoms with Crippen LogP contribution in [0.25, 0.3) is 0 Å². The van der Waals surface area contributed by atoms with E-state index in [2.05, 4.69) is 6.07 Å². The summed E-state index contributed by atoms with van der Waals surface area (Å²) >= 11 is 6.00. The number of aryl methyl sites for hydroxylation is 2. The molecular weight excluding hydrogens is 260 g/mol. The van der Waals surface area contributed by atoms with E-state index in [1.807, 2.05) is 26.0 Å². The van der Waals surface area contributed by atoms with Crippen LogP contribution in [0.3, 0.4) is 0 Å². The lowest BCUT2D eigenvalue weighted by Gasteiger charge is -2.17. The fraction of sp³-hybridized carbons (Fsp3) is 0.250. The van der Waals surface area contributed by atoms with Gasteiger partial charge in [-0.05, 0) is 43.2 Å². The van der Waals surface area contributed by atoms with Gasteiger partial charge in [-0.1, -0.05) is 35.4 Å². The lowest BCUT2D eigenvalue weighted by molar-refractivity contribution is 0.214. The maximum absolute atomic E-state index is 10.6. The van der Waals surface area contributed by atoms with Crippen molar-refractivity contribution in [2.24, 2.45) is 0 Å². The topological polar surface area (TPSA) is 29.5 Å². The van der Waals surface area contributed by atoms with Crippen LogP contribution in [0.1, 0.15) is 28.4 Å². The van der Waals surface area contributed by atoms with E-state index in [-0.39, 0.29) is 0 Å². The van der Waals surface area contributed by atoms with E-state index >= 15 is 0 Å². The second kappa shape index (κ2) is 5.64. The van der Waals surface area contributed by atoms with Gasteiger partial charge in [-0.3, -0.25) is 0 Å². The summed E-state index contributed by atoms with van der Waals surface area (Å²) in [5.74, 6) is 0.636. The van der Waals surface area contributed by atoms with Crippen molar-refractivity contribution in [1.29, 1.82) is 0 Å². The summed E-state index contributed by atoms with van der Waals surface area (Å²) in [6.07, 6.45) is -0.741. The van der Waals surface area contributed by atoms with Crippen molar-refractivity contribution in [1.82, 2.24) is 0 Å². The molecule has 0 aromatic heterocycles. The zero-order chi connectivity index (χ0) is 14.0. The van der Waals surface area contributed by atoms with Gasteiger partial charge in [0, 0.05) is 10.6 Å². The van der Waals surface area contributed by atoms with Gasteiger partial charge in [-0.15, -0.1) is 0 Å². The average Bonchev–Trinajstić information content (AvgIpc) is 2.38. The highest BCUT2D eigenvalue weighted by molar-refractivity contribution is 6.30. The summed E-state index contributed by atoms with van der Waals surface area (Å²) in [5, 5.41) is 11.1. The number of aliphatic hydroxyl groups is 1. The molecule has 3 heteroatoms. The summed E-state index contributed by atoms with van der Waals surface area (Å²) in [7, 11) is 1.58. The molecule has 0 aliphatic heterocycles. The summed E-state index contributed by atoms with van der Waals surface area (Å²) in [5.41, 5.74) is 3.77. The number of hydrogen-bond acceptors (Lipinski definition) is 2. The molecule has 2 rings (SSSR count). The van der Waals surface area contributed by atoms with Crippen LogP contribution in [-0.2, 0) is 0 Å². The molecule has 0 heterocycles. The Bertz CT molecular complexity index is 593. The molecule has 0 bridgehead atoms. The van der Waals surface area contributed by atoms with Gasteiger partial charge in [0.15, 0.2) is 0 Å². The van der Waals surface area contributed by atoms with E-state index in [4.69, 9.17) is 16.3 Å². The van der Waals surface area contributed by atoms with E-state index < -0.39 is 6.10 Å². The molecule has 0 spiro atoms. The van der Waals surface area contributed by atoms with E-state index in [9.17, 15) is 5.11 Å². The van der Waals surface area contributed by atoms with Crippen LogP contribution in [-0.4, -0.2) is 12.2 Å². The van der Waals surface area contributed by atoms with Gasteiger partial charge in [-0.25, -0.2) is 0 Å². The molecule has 0 aliphatic rings. The summed E-state index contributed by atoms with van der Waals surface area (Å²) < 4.78 is 5.29. The third-order valence-corrected chi connectivity index (χ3v) is 3.44. The van der Waals surface area contributed by atoms with Crippen LogP contribution < -0.4 is 4.74 Å². The predicted octanol–water partition coefficient (Wildman–Crippen LogP) is 4.05. The molecule has 0 radical (unpaired) electrons. The molecule has 0 amide bonds. The fourth-order valence-electron chi connectivity index (χ4n) is 2.22. The summed E-state index contributed by atoms with van der Waals surface area (Å²) in [6.45, 7) is 4.02. The Balaban J connectivity index is 2.49. The average molecular weight is 277 g/mol.